The number of benzene rings is 1. The summed E-state index contributed by atoms with van der Waals surface area (Å²) >= 11 is 0. The summed E-state index contributed by atoms with van der Waals surface area (Å²) in [6.07, 6.45) is 5.82. The van der Waals surface area contributed by atoms with Crippen LogP contribution < -0.4 is 5.32 Å². The van der Waals surface area contributed by atoms with Gasteiger partial charge in [0, 0.05) is 36.8 Å². The summed E-state index contributed by atoms with van der Waals surface area (Å²) in [7, 11) is 0. The molecule has 0 bridgehead atoms. The van der Waals surface area contributed by atoms with Crippen molar-refractivity contribution < 1.29 is 9.32 Å². The van der Waals surface area contributed by atoms with Crippen molar-refractivity contribution in [3.8, 4) is 0 Å². The van der Waals surface area contributed by atoms with E-state index in [1.54, 1.807) is 6.20 Å². The van der Waals surface area contributed by atoms with Gasteiger partial charge in [0.05, 0.1) is 6.42 Å². The largest absolute Gasteiger partial charge is 0.356 e. The predicted octanol–water partition coefficient (Wildman–Crippen LogP) is 1.70. The first-order valence-corrected chi connectivity index (χ1v) is 7.42. The van der Waals surface area contributed by atoms with Gasteiger partial charge in [-0.25, -0.2) is 4.98 Å². The third kappa shape index (κ3) is 2.36. The number of aryl methyl sites for hydroxylation is 1. The van der Waals surface area contributed by atoms with Gasteiger partial charge in [0.25, 0.3) is 0 Å². The lowest BCUT2D eigenvalue weighted by molar-refractivity contribution is -0.121. The maximum absolute atomic E-state index is 12.3. The van der Waals surface area contributed by atoms with Crippen LogP contribution in [0.2, 0.25) is 0 Å². The molecule has 1 aliphatic rings. The van der Waals surface area contributed by atoms with Crippen LogP contribution in [0.1, 0.15) is 17.9 Å². The summed E-state index contributed by atoms with van der Waals surface area (Å²) in [4.78, 5) is 16.5. The zero-order valence-electron chi connectivity index (χ0n) is 12.0. The van der Waals surface area contributed by atoms with Gasteiger partial charge in [-0.1, -0.05) is 17.3 Å². The molecule has 0 fully saturated rings. The Kier molecular flexibility index (Phi) is 3.14. The van der Waals surface area contributed by atoms with Crippen LogP contribution in [0.4, 0.5) is 0 Å². The number of para-hydroxylation sites is 1. The van der Waals surface area contributed by atoms with E-state index in [4.69, 9.17) is 4.52 Å². The fraction of sp³-hybridized carbons (Fsp3) is 0.312. The predicted molar refractivity (Wildman–Crippen MR) is 80.2 cm³/mol. The van der Waals surface area contributed by atoms with Gasteiger partial charge < -0.3 is 14.4 Å². The number of rotatable bonds is 3. The minimum Gasteiger partial charge on any atom is -0.356 e. The number of aromatic nitrogens is 3. The summed E-state index contributed by atoms with van der Waals surface area (Å²) in [5.41, 5.74) is 1.40. The first-order chi connectivity index (χ1) is 10.8. The third-order valence-corrected chi connectivity index (χ3v) is 4.08. The van der Waals surface area contributed by atoms with Crippen molar-refractivity contribution in [2.75, 3.05) is 0 Å². The summed E-state index contributed by atoms with van der Waals surface area (Å²) in [5, 5.41) is 7.99. The molecule has 22 heavy (non-hydrogen) atoms. The van der Waals surface area contributed by atoms with Crippen LogP contribution in [0.25, 0.3) is 11.0 Å². The zero-order chi connectivity index (χ0) is 14.9. The lowest BCUT2D eigenvalue weighted by Gasteiger charge is -2.24. The highest BCUT2D eigenvalue weighted by Gasteiger charge is 2.21. The Bertz CT molecular complexity index is 820. The van der Waals surface area contributed by atoms with Gasteiger partial charge >= 0.3 is 0 Å². The maximum atomic E-state index is 12.3. The highest BCUT2D eigenvalue weighted by Crippen LogP contribution is 2.18. The minimum absolute atomic E-state index is 0.0207. The van der Waals surface area contributed by atoms with Crippen molar-refractivity contribution in [2.24, 2.45) is 0 Å². The number of amides is 1. The molecule has 0 radical (unpaired) electrons. The van der Waals surface area contributed by atoms with Crippen LogP contribution in [0.15, 0.2) is 41.2 Å². The quantitative estimate of drug-likeness (QED) is 0.798. The molecule has 1 atom stereocenters. The van der Waals surface area contributed by atoms with Crippen LogP contribution in [-0.4, -0.2) is 26.7 Å². The molecule has 1 amide bonds. The fourth-order valence-electron chi connectivity index (χ4n) is 2.98. The Hall–Kier alpha value is -2.63. The van der Waals surface area contributed by atoms with E-state index in [0.717, 1.165) is 30.6 Å². The van der Waals surface area contributed by atoms with E-state index < -0.39 is 0 Å². The second-order valence-corrected chi connectivity index (χ2v) is 5.60. The topological polar surface area (TPSA) is 73.0 Å². The highest BCUT2D eigenvalue weighted by molar-refractivity contribution is 5.86. The smallest absolute Gasteiger partial charge is 0.226 e. The van der Waals surface area contributed by atoms with E-state index in [-0.39, 0.29) is 18.4 Å². The fourth-order valence-corrected chi connectivity index (χ4v) is 2.98. The van der Waals surface area contributed by atoms with Gasteiger partial charge in [-0.15, -0.1) is 0 Å². The normalized spacial score (nSPS) is 17.4. The summed E-state index contributed by atoms with van der Waals surface area (Å²) in [5.74, 6) is 1.07. The Labute approximate surface area is 127 Å². The van der Waals surface area contributed by atoms with E-state index in [1.165, 1.54) is 0 Å². The van der Waals surface area contributed by atoms with Crippen molar-refractivity contribution >= 4 is 16.9 Å². The first kappa shape index (κ1) is 13.1. The Morgan fingerprint density at radius 3 is 3.27 bits per heavy atom. The number of hydrogen-bond acceptors (Lipinski definition) is 4. The number of imidazole rings is 1. The van der Waals surface area contributed by atoms with Gasteiger partial charge in [-0.05, 0) is 18.6 Å². The van der Waals surface area contributed by atoms with E-state index >= 15 is 0 Å². The van der Waals surface area contributed by atoms with Gasteiger partial charge in [0.15, 0.2) is 5.58 Å². The highest BCUT2D eigenvalue weighted by atomic mass is 16.5. The summed E-state index contributed by atoms with van der Waals surface area (Å²) in [6.45, 7) is 0.778. The summed E-state index contributed by atoms with van der Waals surface area (Å²) < 4.78 is 7.33. The number of nitrogens with one attached hydrogen (secondary N) is 1. The van der Waals surface area contributed by atoms with Crippen LogP contribution in [0, 0.1) is 0 Å². The van der Waals surface area contributed by atoms with Crippen LogP contribution in [-0.2, 0) is 24.2 Å². The standard InChI is InChI=1S/C16H16N4O2/c21-16(9-13-12-3-1-2-4-14(12)22-19-13)18-11-5-6-15-17-7-8-20(15)10-11/h1-4,7-8,11H,5-6,9-10H2,(H,18,21). The number of carbonyl (C=O) groups is 1. The van der Waals surface area contributed by atoms with E-state index in [0.29, 0.717) is 11.3 Å². The molecule has 0 saturated heterocycles. The number of nitrogens with zero attached hydrogens (tertiary/aromatic N) is 3. The minimum atomic E-state index is -0.0207. The van der Waals surface area contributed by atoms with Crippen LogP contribution in [0.5, 0.6) is 0 Å². The maximum Gasteiger partial charge on any atom is 0.226 e. The second-order valence-electron chi connectivity index (χ2n) is 5.60. The molecule has 0 aliphatic carbocycles. The Morgan fingerprint density at radius 2 is 2.32 bits per heavy atom. The molecule has 6 heteroatoms. The molecule has 4 rings (SSSR count). The average Bonchev–Trinajstić information content (AvgIpc) is 3.14. The van der Waals surface area contributed by atoms with Crippen LogP contribution in [0.3, 0.4) is 0 Å². The van der Waals surface area contributed by atoms with Crippen molar-refractivity contribution in [3.63, 3.8) is 0 Å². The van der Waals surface area contributed by atoms with Gasteiger partial charge in [-0.2, -0.15) is 0 Å². The average molecular weight is 296 g/mol. The molecule has 1 N–H and O–H groups in total. The molecule has 0 saturated carbocycles. The molecule has 2 aromatic heterocycles. The molecule has 1 unspecified atom stereocenters. The SMILES string of the molecule is O=C(Cc1noc2ccccc12)NC1CCc2nccn2C1. The van der Waals surface area contributed by atoms with Gasteiger partial charge in [0.2, 0.25) is 5.91 Å². The first-order valence-electron chi connectivity index (χ1n) is 7.42. The molecule has 3 heterocycles. The molecule has 1 aliphatic heterocycles. The monoisotopic (exact) mass is 296 g/mol. The van der Waals surface area contributed by atoms with Gasteiger partial charge in [-0.3, -0.25) is 4.79 Å². The Balaban J connectivity index is 1.43. The lowest BCUT2D eigenvalue weighted by Crippen LogP contribution is -2.41. The molecule has 0 spiro atoms. The van der Waals surface area contributed by atoms with Crippen molar-refractivity contribution in [1.29, 1.82) is 0 Å². The molecule has 3 aromatic rings. The molecular weight excluding hydrogens is 280 g/mol. The third-order valence-electron chi connectivity index (χ3n) is 4.08. The van der Waals surface area contributed by atoms with Gasteiger partial charge in [0.1, 0.15) is 11.5 Å². The molecule has 112 valence electrons. The summed E-state index contributed by atoms with van der Waals surface area (Å²) in [6, 6.07) is 7.73. The van der Waals surface area contributed by atoms with Crippen molar-refractivity contribution in [3.05, 3.63) is 48.2 Å². The lowest BCUT2D eigenvalue weighted by atomic mass is 10.1. The molecular formula is C16H16N4O2. The zero-order valence-corrected chi connectivity index (χ0v) is 12.0. The van der Waals surface area contributed by atoms with Crippen LogP contribution >= 0.6 is 0 Å². The van der Waals surface area contributed by atoms with Crippen molar-refractivity contribution in [1.82, 2.24) is 20.0 Å². The molecule has 6 nitrogen and oxygen atoms in total. The number of fused-ring (bicyclic) bond motifs is 2. The number of hydrogen-bond donors (Lipinski definition) is 1. The van der Waals surface area contributed by atoms with E-state index in [9.17, 15) is 4.79 Å². The van der Waals surface area contributed by atoms with Crippen molar-refractivity contribution in [2.45, 2.75) is 31.8 Å². The van der Waals surface area contributed by atoms with E-state index in [1.807, 2.05) is 30.5 Å². The number of carbonyl (C=O) groups excluding carboxylic acids is 1. The Morgan fingerprint density at radius 1 is 1.41 bits per heavy atom. The molecule has 1 aromatic carbocycles. The second kappa shape index (κ2) is 5.29. The van der Waals surface area contributed by atoms with E-state index in [2.05, 4.69) is 20.0 Å².